The predicted octanol–water partition coefficient (Wildman–Crippen LogP) is 2.73. The summed E-state index contributed by atoms with van der Waals surface area (Å²) in [6.45, 7) is 2.14. The minimum absolute atomic E-state index is 0.305. The highest BCUT2D eigenvalue weighted by Crippen LogP contribution is 2.49. The van der Waals surface area contributed by atoms with Crippen LogP contribution in [-0.2, 0) is 28.7 Å². The van der Waals surface area contributed by atoms with Gasteiger partial charge in [0.05, 0.1) is 12.7 Å². The summed E-state index contributed by atoms with van der Waals surface area (Å²) in [6, 6.07) is 0. The minimum Gasteiger partial charge on any atom is -0.481 e. The molecule has 1 saturated heterocycles. The van der Waals surface area contributed by atoms with Crippen molar-refractivity contribution < 1.29 is 44.0 Å². The van der Waals surface area contributed by atoms with E-state index in [4.69, 9.17) is 14.6 Å². The third-order valence-electron chi connectivity index (χ3n) is 5.54. The second-order valence-electron chi connectivity index (χ2n) is 7.68. The van der Waals surface area contributed by atoms with Gasteiger partial charge in [-0.2, -0.15) is 0 Å². The molecule has 2 aliphatic rings. The Bertz CT molecular complexity index is 698. The Kier molecular flexibility index (Phi) is 7.40. The molecule has 0 aromatic rings. The Morgan fingerprint density at radius 1 is 1.07 bits per heavy atom. The van der Waals surface area contributed by atoms with Gasteiger partial charge in [0.15, 0.2) is 5.60 Å². The lowest BCUT2D eigenvalue weighted by Gasteiger charge is -2.28. The maximum absolute atomic E-state index is 12.8. The number of aliphatic carboxylic acids is 3. The molecule has 0 amide bonds. The minimum atomic E-state index is -2.57. The summed E-state index contributed by atoms with van der Waals surface area (Å²) in [5, 5.41) is 28.1. The lowest BCUT2D eigenvalue weighted by atomic mass is 9.83. The Morgan fingerprint density at radius 3 is 2.24 bits per heavy atom. The van der Waals surface area contributed by atoms with Gasteiger partial charge < -0.3 is 24.8 Å². The summed E-state index contributed by atoms with van der Waals surface area (Å²) < 4.78 is 10.7. The second kappa shape index (κ2) is 9.39. The molecule has 29 heavy (non-hydrogen) atoms. The van der Waals surface area contributed by atoms with Crippen molar-refractivity contribution in [1.82, 2.24) is 0 Å². The molecule has 0 aromatic carbocycles. The molecule has 0 saturated carbocycles. The van der Waals surface area contributed by atoms with Crippen LogP contribution in [0.5, 0.6) is 0 Å². The molecule has 0 aliphatic carbocycles. The van der Waals surface area contributed by atoms with Crippen LogP contribution >= 0.6 is 0 Å². The number of ether oxygens (including phenoxy) is 2. The number of Topliss-reactive ketones (excluding diaryl/α,β-unsaturated/α-hetero) is 1. The third kappa shape index (κ3) is 4.77. The van der Waals surface area contributed by atoms with Gasteiger partial charge in [0.1, 0.15) is 5.92 Å². The van der Waals surface area contributed by atoms with Crippen molar-refractivity contribution in [2.75, 3.05) is 0 Å². The molecule has 0 radical (unpaired) electrons. The molecule has 0 bridgehead atoms. The van der Waals surface area contributed by atoms with E-state index in [0.717, 1.165) is 32.1 Å². The Morgan fingerprint density at radius 2 is 1.69 bits per heavy atom. The average Bonchev–Trinajstić information content (AvgIpc) is 3.13. The third-order valence-corrected chi connectivity index (χ3v) is 5.54. The Labute approximate surface area is 168 Å². The molecule has 9 heteroatoms. The number of ketones is 1. The molecule has 9 nitrogen and oxygen atoms in total. The van der Waals surface area contributed by atoms with Gasteiger partial charge in [-0.05, 0) is 12.8 Å². The SMILES string of the molecule is CCCCCCCCCC1=CO[C@]2(C[C@H](C(=O)O)[C@](CC(=O)O)(C(=O)O)O2)C1=O. The highest BCUT2D eigenvalue weighted by Gasteiger charge is 2.69. The first kappa shape index (κ1) is 22.9. The number of carbonyl (C=O) groups is 4. The van der Waals surface area contributed by atoms with Crippen molar-refractivity contribution in [3.63, 3.8) is 0 Å². The summed E-state index contributed by atoms with van der Waals surface area (Å²) in [5.41, 5.74) is -2.27. The molecule has 162 valence electrons. The molecule has 3 N–H and O–H groups in total. The van der Waals surface area contributed by atoms with Gasteiger partial charge >= 0.3 is 17.9 Å². The van der Waals surface area contributed by atoms with E-state index >= 15 is 0 Å². The van der Waals surface area contributed by atoms with E-state index in [9.17, 15) is 29.4 Å². The fourth-order valence-electron chi connectivity index (χ4n) is 3.95. The second-order valence-corrected chi connectivity index (χ2v) is 7.68. The average molecular weight is 412 g/mol. The zero-order chi connectivity index (χ0) is 21.7. The maximum Gasteiger partial charge on any atom is 0.337 e. The van der Waals surface area contributed by atoms with Crippen LogP contribution in [0.3, 0.4) is 0 Å². The number of hydrogen-bond acceptors (Lipinski definition) is 6. The van der Waals surface area contributed by atoms with E-state index in [1.807, 2.05) is 0 Å². The quantitative estimate of drug-likeness (QED) is 0.411. The number of carboxylic acids is 3. The summed E-state index contributed by atoms with van der Waals surface area (Å²) in [4.78, 5) is 47.4. The largest absolute Gasteiger partial charge is 0.481 e. The standard InChI is InChI=1S/C20H28O9/c1-2-3-4-5-6-7-8-9-13-12-28-20(16(13)23)10-14(17(24)25)19(29-20,18(26)27)11-15(21)22/h12,14H,2-11H2,1H3,(H,21,22)(H,24,25)(H,26,27)/t14-,19-,20+/m1/s1. The summed E-state index contributed by atoms with van der Waals surface area (Å²) in [6.07, 6.45) is 7.33. The zero-order valence-electron chi connectivity index (χ0n) is 16.5. The zero-order valence-corrected chi connectivity index (χ0v) is 16.5. The van der Waals surface area contributed by atoms with E-state index in [0.29, 0.717) is 12.0 Å². The number of unbranched alkanes of at least 4 members (excludes halogenated alkanes) is 6. The summed E-state index contributed by atoms with van der Waals surface area (Å²) in [7, 11) is 0. The molecule has 0 unspecified atom stereocenters. The van der Waals surface area contributed by atoms with Crippen molar-refractivity contribution in [1.29, 1.82) is 0 Å². The van der Waals surface area contributed by atoms with Gasteiger partial charge in [0.2, 0.25) is 5.78 Å². The van der Waals surface area contributed by atoms with E-state index in [1.165, 1.54) is 19.1 Å². The highest BCUT2D eigenvalue weighted by atomic mass is 16.7. The van der Waals surface area contributed by atoms with Crippen LogP contribution in [0.2, 0.25) is 0 Å². The lowest BCUT2D eigenvalue weighted by molar-refractivity contribution is -0.224. The number of carbonyl (C=O) groups excluding carboxylic acids is 1. The van der Waals surface area contributed by atoms with Crippen LogP contribution in [0, 0.1) is 5.92 Å². The molecule has 3 atom stereocenters. The van der Waals surface area contributed by atoms with Crippen LogP contribution in [-0.4, -0.2) is 50.4 Å². The van der Waals surface area contributed by atoms with Gasteiger partial charge in [0, 0.05) is 12.0 Å². The van der Waals surface area contributed by atoms with Gasteiger partial charge in [-0.3, -0.25) is 14.4 Å². The van der Waals surface area contributed by atoms with Gasteiger partial charge in [-0.1, -0.05) is 45.4 Å². The van der Waals surface area contributed by atoms with E-state index in [1.54, 1.807) is 0 Å². The molecule has 0 aromatic heterocycles. The molecule has 1 spiro atoms. The lowest BCUT2D eigenvalue weighted by Crippen LogP contribution is -2.50. The Hall–Kier alpha value is -2.42. The van der Waals surface area contributed by atoms with Crippen LogP contribution < -0.4 is 0 Å². The maximum atomic E-state index is 12.8. The van der Waals surface area contributed by atoms with Gasteiger partial charge in [-0.25, -0.2) is 4.79 Å². The van der Waals surface area contributed by atoms with Crippen LogP contribution in [0.25, 0.3) is 0 Å². The van der Waals surface area contributed by atoms with Gasteiger partial charge in [-0.15, -0.1) is 0 Å². The smallest absolute Gasteiger partial charge is 0.337 e. The number of rotatable bonds is 12. The molecule has 2 rings (SSSR count). The van der Waals surface area contributed by atoms with E-state index < -0.39 is 53.8 Å². The van der Waals surface area contributed by atoms with Crippen molar-refractivity contribution in [2.24, 2.45) is 5.92 Å². The fraction of sp³-hybridized carbons (Fsp3) is 0.700. The first-order valence-electron chi connectivity index (χ1n) is 9.98. The Balaban J connectivity index is 2.04. The molecular formula is C20H28O9. The van der Waals surface area contributed by atoms with Crippen LogP contribution in [0.4, 0.5) is 0 Å². The molecular weight excluding hydrogens is 384 g/mol. The molecule has 1 fully saturated rings. The van der Waals surface area contributed by atoms with Gasteiger partial charge in [0.25, 0.3) is 5.79 Å². The first-order chi connectivity index (χ1) is 13.7. The monoisotopic (exact) mass is 412 g/mol. The topological polar surface area (TPSA) is 147 Å². The fourth-order valence-corrected chi connectivity index (χ4v) is 3.95. The summed E-state index contributed by atoms with van der Waals surface area (Å²) >= 11 is 0. The normalized spacial score (nSPS) is 28.4. The summed E-state index contributed by atoms with van der Waals surface area (Å²) in [5.74, 6) is -9.29. The number of hydrogen-bond donors (Lipinski definition) is 3. The van der Waals surface area contributed by atoms with E-state index in [2.05, 4.69) is 6.92 Å². The molecule has 2 aliphatic heterocycles. The molecule has 2 heterocycles. The van der Waals surface area contributed by atoms with Crippen molar-refractivity contribution in [3.05, 3.63) is 11.8 Å². The van der Waals surface area contributed by atoms with Crippen molar-refractivity contribution in [3.8, 4) is 0 Å². The van der Waals surface area contributed by atoms with Crippen LogP contribution in [0.15, 0.2) is 11.8 Å². The predicted molar refractivity (Wildman–Crippen MR) is 99.0 cm³/mol. The van der Waals surface area contributed by atoms with Crippen LogP contribution in [0.1, 0.15) is 71.1 Å². The number of carboxylic acid groups (broad SMARTS) is 3. The van der Waals surface area contributed by atoms with Crippen molar-refractivity contribution >= 4 is 23.7 Å². The highest BCUT2D eigenvalue weighted by molar-refractivity contribution is 6.04. The first-order valence-corrected chi connectivity index (χ1v) is 9.98. The van der Waals surface area contributed by atoms with Crippen molar-refractivity contribution in [2.45, 2.75) is 82.5 Å². The van der Waals surface area contributed by atoms with E-state index in [-0.39, 0.29) is 0 Å².